The van der Waals surface area contributed by atoms with Crippen LogP contribution in [0.4, 0.5) is 0 Å². The summed E-state index contributed by atoms with van der Waals surface area (Å²) in [6, 6.07) is 7.41. The number of hydrogen-bond donors (Lipinski definition) is 1. The van der Waals surface area contributed by atoms with Crippen LogP contribution in [-0.2, 0) is 10.2 Å². The first-order valence-corrected chi connectivity index (χ1v) is 9.12. The molecule has 6 heteroatoms. The van der Waals surface area contributed by atoms with E-state index in [9.17, 15) is 4.79 Å². The van der Waals surface area contributed by atoms with Crippen molar-refractivity contribution in [2.24, 2.45) is 0 Å². The van der Waals surface area contributed by atoms with Crippen LogP contribution in [0, 0.1) is 0 Å². The summed E-state index contributed by atoms with van der Waals surface area (Å²) in [5.41, 5.74) is 1.01. The van der Waals surface area contributed by atoms with Gasteiger partial charge >= 0.3 is 0 Å². The molecule has 0 unspecified atom stereocenters. The molecule has 0 spiro atoms. The monoisotopic (exact) mass is 358 g/mol. The molecule has 26 heavy (non-hydrogen) atoms. The number of nitrogens with one attached hydrogen (secondary N) is 1. The Morgan fingerprint density at radius 1 is 1.19 bits per heavy atom. The number of ether oxygens (including phenoxy) is 2. The first-order chi connectivity index (χ1) is 12.6. The highest BCUT2D eigenvalue weighted by Gasteiger charge is 2.53. The smallest absolute Gasteiger partial charge is 0.232 e. The lowest BCUT2D eigenvalue weighted by atomic mass is 10.00. The van der Waals surface area contributed by atoms with E-state index in [0.717, 1.165) is 44.2 Å². The fourth-order valence-electron chi connectivity index (χ4n) is 3.10. The summed E-state index contributed by atoms with van der Waals surface area (Å²) >= 11 is 0. The fourth-order valence-corrected chi connectivity index (χ4v) is 3.10. The molecule has 1 amide bonds. The number of aromatic nitrogens is 1. The molecule has 0 atom stereocenters. The van der Waals surface area contributed by atoms with Gasteiger partial charge in [0.05, 0.1) is 25.3 Å². The topological polar surface area (TPSA) is 73.6 Å². The molecule has 0 saturated heterocycles. The van der Waals surface area contributed by atoms with Gasteiger partial charge in [0.15, 0.2) is 17.3 Å². The van der Waals surface area contributed by atoms with Crippen molar-refractivity contribution in [3.05, 3.63) is 30.0 Å². The number of unbranched alkanes of at least 4 members (excludes halogenated alkanes) is 2. The Kier molecular flexibility index (Phi) is 5.49. The number of carbonyl (C=O) groups is 1. The van der Waals surface area contributed by atoms with Gasteiger partial charge < -0.3 is 19.3 Å². The number of rotatable bonds is 9. The lowest BCUT2D eigenvalue weighted by Gasteiger charge is -2.12. The summed E-state index contributed by atoms with van der Waals surface area (Å²) < 4.78 is 16.1. The number of amides is 1. The summed E-state index contributed by atoms with van der Waals surface area (Å²) in [4.78, 5) is 12.6. The molecule has 1 N–H and O–H groups in total. The van der Waals surface area contributed by atoms with E-state index in [0.29, 0.717) is 23.0 Å². The lowest BCUT2D eigenvalue weighted by Crippen LogP contribution is -2.35. The van der Waals surface area contributed by atoms with Crippen molar-refractivity contribution in [3.8, 4) is 22.8 Å². The Morgan fingerprint density at radius 2 is 1.96 bits per heavy atom. The standard InChI is InChI=1S/C20H26N2O4/c1-4-5-6-11-21-19(23)20(9-10-20)18-13-16(26-22-18)14-7-8-15(24-2)17(12-14)25-3/h7-8,12-13H,4-6,9-11H2,1-3H3,(H,21,23). The molecular weight excluding hydrogens is 332 g/mol. The third-order valence-electron chi connectivity index (χ3n) is 4.92. The Hall–Kier alpha value is -2.50. The fraction of sp³-hybridized carbons (Fsp3) is 0.500. The summed E-state index contributed by atoms with van der Waals surface area (Å²) in [5, 5.41) is 7.23. The third kappa shape index (κ3) is 3.54. The van der Waals surface area contributed by atoms with E-state index in [2.05, 4.69) is 17.4 Å². The molecule has 1 aliphatic rings. The maximum Gasteiger partial charge on any atom is 0.232 e. The molecule has 1 aromatic carbocycles. The second kappa shape index (κ2) is 7.81. The van der Waals surface area contributed by atoms with Crippen LogP contribution in [0.2, 0.25) is 0 Å². The van der Waals surface area contributed by atoms with Crippen molar-refractivity contribution in [1.82, 2.24) is 10.5 Å². The Labute approximate surface area is 153 Å². The zero-order chi connectivity index (χ0) is 18.6. The number of benzene rings is 1. The van der Waals surface area contributed by atoms with E-state index in [1.165, 1.54) is 0 Å². The number of carbonyl (C=O) groups excluding carboxylic acids is 1. The molecule has 140 valence electrons. The Bertz CT molecular complexity index is 765. The molecule has 1 heterocycles. The summed E-state index contributed by atoms with van der Waals surface area (Å²) in [6.45, 7) is 2.87. The van der Waals surface area contributed by atoms with Gasteiger partial charge in [0.25, 0.3) is 0 Å². The summed E-state index contributed by atoms with van der Waals surface area (Å²) in [7, 11) is 3.19. The van der Waals surface area contributed by atoms with E-state index in [-0.39, 0.29) is 5.91 Å². The van der Waals surface area contributed by atoms with E-state index >= 15 is 0 Å². The summed E-state index contributed by atoms with van der Waals surface area (Å²) in [6.07, 6.45) is 4.89. The largest absolute Gasteiger partial charge is 0.493 e. The molecule has 0 aliphatic heterocycles. The van der Waals surface area contributed by atoms with Gasteiger partial charge in [0.1, 0.15) is 0 Å². The van der Waals surface area contributed by atoms with Crippen molar-refractivity contribution in [2.75, 3.05) is 20.8 Å². The Morgan fingerprint density at radius 3 is 2.62 bits per heavy atom. The molecule has 1 aromatic heterocycles. The van der Waals surface area contributed by atoms with Crippen molar-refractivity contribution in [2.45, 2.75) is 44.4 Å². The summed E-state index contributed by atoms with van der Waals surface area (Å²) in [5.74, 6) is 1.95. The van der Waals surface area contributed by atoms with Crippen LogP contribution in [0.25, 0.3) is 11.3 Å². The average Bonchev–Trinajstić information content (AvgIpc) is 3.34. The quantitative estimate of drug-likeness (QED) is 0.692. The average molecular weight is 358 g/mol. The molecule has 2 aromatic rings. The van der Waals surface area contributed by atoms with Crippen LogP contribution in [0.1, 0.15) is 44.7 Å². The van der Waals surface area contributed by atoms with E-state index < -0.39 is 5.41 Å². The van der Waals surface area contributed by atoms with Crippen LogP contribution in [0.15, 0.2) is 28.8 Å². The molecular formula is C20H26N2O4. The molecule has 1 fully saturated rings. The second-order valence-electron chi connectivity index (χ2n) is 6.69. The predicted octanol–water partition coefficient (Wildman–Crippen LogP) is 3.70. The zero-order valence-corrected chi connectivity index (χ0v) is 15.6. The minimum absolute atomic E-state index is 0.0563. The maximum atomic E-state index is 12.6. The van der Waals surface area contributed by atoms with Crippen molar-refractivity contribution in [1.29, 1.82) is 0 Å². The molecule has 0 bridgehead atoms. The van der Waals surface area contributed by atoms with Crippen LogP contribution in [0.3, 0.4) is 0 Å². The van der Waals surface area contributed by atoms with Gasteiger partial charge in [0, 0.05) is 18.2 Å². The van der Waals surface area contributed by atoms with Crippen LogP contribution >= 0.6 is 0 Å². The molecule has 0 radical (unpaired) electrons. The van der Waals surface area contributed by atoms with Gasteiger partial charge in [-0.05, 0) is 37.5 Å². The van der Waals surface area contributed by atoms with Crippen molar-refractivity contribution < 1.29 is 18.8 Å². The number of hydrogen-bond acceptors (Lipinski definition) is 5. The normalized spacial score (nSPS) is 14.7. The first-order valence-electron chi connectivity index (χ1n) is 9.12. The third-order valence-corrected chi connectivity index (χ3v) is 4.92. The minimum atomic E-state index is -0.523. The number of nitrogens with zero attached hydrogens (tertiary/aromatic N) is 1. The molecule has 6 nitrogen and oxygen atoms in total. The van der Waals surface area contributed by atoms with Crippen molar-refractivity contribution >= 4 is 5.91 Å². The van der Waals surface area contributed by atoms with Crippen LogP contribution < -0.4 is 14.8 Å². The van der Waals surface area contributed by atoms with Crippen LogP contribution in [-0.4, -0.2) is 31.8 Å². The van der Waals surface area contributed by atoms with Crippen molar-refractivity contribution in [3.63, 3.8) is 0 Å². The van der Waals surface area contributed by atoms with Crippen LogP contribution in [0.5, 0.6) is 11.5 Å². The van der Waals surface area contributed by atoms with Gasteiger partial charge in [-0.15, -0.1) is 0 Å². The first kappa shape index (κ1) is 18.3. The molecule has 3 rings (SSSR count). The predicted molar refractivity (Wildman–Crippen MR) is 98.5 cm³/mol. The lowest BCUT2D eigenvalue weighted by molar-refractivity contribution is -0.123. The highest BCUT2D eigenvalue weighted by Crippen LogP contribution is 2.48. The highest BCUT2D eigenvalue weighted by molar-refractivity contribution is 5.91. The molecule has 1 saturated carbocycles. The van der Waals surface area contributed by atoms with Gasteiger partial charge in [-0.2, -0.15) is 0 Å². The Balaban J connectivity index is 1.74. The highest BCUT2D eigenvalue weighted by atomic mass is 16.5. The minimum Gasteiger partial charge on any atom is -0.493 e. The SMILES string of the molecule is CCCCCNC(=O)C1(c2cc(-c3ccc(OC)c(OC)c3)on2)CC1. The van der Waals surface area contributed by atoms with Gasteiger partial charge in [-0.1, -0.05) is 24.9 Å². The van der Waals surface area contributed by atoms with Gasteiger partial charge in [-0.25, -0.2) is 0 Å². The molecule has 1 aliphatic carbocycles. The zero-order valence-electron chi connectivity index (χ0n) is 15.6. The van der Waals surface area contributed by atoms with E-state index in [1.54, 1.807) is 14.2 Å². The number of methoxy groups -OCH3 is 2. The second-order valence-corrected chi connectivity index (χ2v) is 6.69. The van der Waals surface area contributed by atoms with Gasteiger partial charge in [-0.3, -0.25) is 4.79 Å². The van der Waals surface area contributed by atoms with E-state index in [1.807, 2.05) is 24.3 Å². The maximum absolute atomic E-state index is 12.6. The van der Waals surface area contributed by atoms with E-state index in [4.69, 9.17) is 14.0 Å². The van der Waals surface area contributed by atoms with Gasteiger partial charge in [0.2, 0.25) is 5.91 Å².